The second-order valence-corrected chi connectivity index (χ2v) is 9.15. The van der Waals surface area contributed by atoms with Crippen LogP contribution in [0.15, 0.2) is 42.5 Å². The maximum absolute atomic E-state index is 13.3. The van der Waals surface area contributed by atoms with Gasteiger partial charge in [0.25, 0.3) is 5.91 Å². The first-order valence-electron chi connectivity index (χ1n) is 12.1. The van der Waals surface area contributed by atoms with E-state index in [4.69, 9.17) is 9.47 Å². The number of allylic oxidation sites excluding steroid dienone is 3. The number of rotatable bonds is 10. The minimum absolute atomic E-state index is 0.0574. The largest absolute Gasteiger partial charge is 0.501 e. The van der Waals surface area contributed by atoms with Crippen LogP contribution in [0.5, 0.6) is 11.5 Å². The smallest absolute Gasteiger partial charge is 0.454 e. The molecule has 0 fully saturated rings. The number of urea groups is 1. The molecule has 1 aromatic rings. The van der Waals surface area contributed by atoms with Crippen molar-refractivity contribution in [3.8, 4) is 11.5 Å². The fourth-order valence-corrected chi connectivity index (χ4v) is 4.28. The monoisotopic (exact) mass is 495 g/mol. The summed E-state index contributed by atoms with van der Waals surface area (Å²) in [5.74, 6) is -0.0686. The topological polar surface area (TPSA) is 117 Å². The molecule has 36 heavy (non-hydrogen) atoms. The van der Waals surface area contributed by atoms with Gasteiger partial charge in [0.05, 0.1) is 6.54 Å². The standard InChI is InChI=1S/C26H30N4O6/c1-17(2)28-23(31)9-5-6-12-29-25(33)19-7-3-4-8-20(19)30(26(29)34)15-24(32)27-14-18-10-11-21-22(13-18)36-16-35-21/h3-4,7-8,10-11,13,17,19H,5-6,9,12,14-16H2,1-2H3,(H-,27,28,31,32)/p+1. The van der Waals surface area contributed by atoms with E-state index in [-0.39, 0.29) is 50.2 Å². The zero-order chi connectivity index (χ0) is 25.7. The van der Waals surface area contributed by atoms with Crippen LogP contribution in [0.2, 0.25) is 0 Å². The number of ether oxygens (including phenoxy) is 2. The van der Waals surface area contributed by atoms with Crippen LogP contribution in [0, 0.1) is 5.92 Å². The minimum Gasteiger partial charge on any atom is -0.454 e. The molecule has 0 radical (unpaired) electrons. The van der Waals surface area contributed by atoms with Crippen LogP contribution >= 0.6 is 0 Å². The first-order chi connectivity index (χ1) is 17.3. The van der Waals surface area contributed by atoms with Gasteiger partial charge in [-0.15, -0.1) is 0 Å². The summed E-state index contributed by atoms with van der Waals surface area (Å²) in [7, 11) is 0. The molecule has 2 heterocycles. The first kappa shape index (κ1) is 25.2. The Balaban J connectivity index is 1.38. The summed E-state index contributed by atoms with van der Waals surface area (Å²) >= 11 is 0. The van der Waals surface area contributed by atoms with Crippen LogP contribution in [0.4, 0.5) is 4.79 Å². The highest BCUT2D eigenvalue weighted by Crippen LogP contribution is 2.32. The fraction of sp³-hybridized carbons (Fsp3) is 0.423. The molecule has 2 N–H and O–H groups in total. The van der Waals surface area contributed by atoms with Gasteiger partial charge in [0.15, 0.2) is 18.0 Å². The number of fused-ring (bicyclic) bond motifs is 2. The Labute approximate surface area is 209 Å². The molecule has 1 atom stereocenters. The predicted molar refractivity (Wildman–Crippen MR) is 131 cm³/mol. The van der Waals surface area contributed by atoms with E-state index in [2.05, 4.69) is 10.6 Å². The molecule has 0 bridgehead atoms. The van der Waals surface area contributed by atoms with Gasteiger partial charge in [-0.3, -0.25) is 9.59 Å². The van der Waals surface area contributed by atoms with Crippen molar-refractivity contribution >= 4 is 29.5 Å². The van der Waals surface area contributed by atoms with Gasteiger partial charge in [-0.25, -0.2) is 4.79 Å². The summed E-state index contributed by atoms with van der Waals surface area (Å²) in [6, 6.07) is 4.95. The zero-order valence-electron chi connectivity index (χ0n) is 20.5. The Kier molecular flexibility index (Phi) is 7.82. The van der Waals surface area contributed by atoms with Crippen LogP contribution < -0.4 is 20.1 Å². The van der Waals surface area contributed by atoms with Gasteiger partial charge in [0.2, 0.25) is 12.7 Å². The lowest BCUT2D eigenvalue weighted by Crippen LogP contribution is -2.56. The fourth-order valence-electron chi connectivity index (χ4n) is 4.28. The van der Waals surface area contributed by atoms with Gasteiger partial charge in [-0.1, -0.05) is 24.3 Å². The lowest BCUT2D eigenvalue weighted by atomic mass is 9.94. The molecule has 0 saturated heterocycles. The lowest BCUT2D eigenvalue weighted by molar-refractivity contribution is -0.428. The van der Waals surface area contributed by atoms with Crippen molar-refractivity contribution < 1.29 is 33.2 Å². The number of unbranched alkanes of at least 4 members (excludes halogenated alkanes) is 1. The van der Waals surface area contributed by atoms with Crippen LogP contribution in [-0.2, 0) is 20.9 Å². The summed E-state index contributed by atoms with van der Waals surface area (Å²) < 4.78 is 12.0. The van der Waals surface area contributed by atoms with E-state index in [9.17, 15) is 19.2 Å². The van der Waals surface area contributed by atoms with Crippen molar-refractivity contribution in [2.45, 2.75) is 45.7 Å². The molecule has 190 valence electrons. The van der Waals surface area contributed by atoms with E-state index in [0.717, 1.165) is 5.56 Å². The molecule has 0 spiro atoms. The molecule has 1 aromatic carbocycles. The van der Waals surface area contributed by atoms with Crippen LogP contribution in [0.1, 0.15) is 38.7 Å². The average Bonchev–Trinajstić information content (AvgIpc) is 3.32. The van der Waals surface area contributed by atoms with Crippen molar-refractivity contribution in [1.29, 1.82) is 0 Å². The van der Waals surface area contributed by atoms with Crippen LogP contribution in [0.25, 0.3) is 0 Å². The number of amides is 5. The Bertz CT molecular complexity index is 1150. The molecular weight excluding hydrogens is 464 g/mol. The van der Waals surface area contributed by atoms with Gasteiger partial charge in [-0.2, -0.15) is 14.3 Å². The quantitative estimate of drug-likeness (QED) is 0.378. The second kappa shape index (κ2) is 11.2. The minimum atomic E-state index is -0.626. The highest BCUT2D eigenvalue weighted by atomic mass is 16.7. The van der Waals surface area contributed by atoms with Crippen LogP contribution in [-0.4, -0.2) is 64.9 Å². The third-order valence-electron chi connectivity index (χ3n) is 6.02. The number of nitrogens with zero attached hydrogens (tertiary/aromatic N) is 2. The summed E-state index contributed by atoms with van der Waals surface area (Å²) in [4.78, 5) is 52.2. The van der Waals surface area contributed by atoms with Crippen LogP contribution in [0.3, 0.4) is 0 Å². The number of hydrogen-bond donors (Lipinski definition) is 2. The third-order valence-corrected chi connectivity index (χ3v) is 6.02. The number of hydrogen-bond acceptors (Lipinski definition) is 6. The predicted octanol–water partition coefficient (Wildman–Crippen LogP) is 1.88. The Morgan fingerprint density at radius 2 is 1.92 bits per heavy atom. The Morgan fingerprint density at radius 3 is 2.72 bits per heavy atom. The number of benzene rings is 1. The number of imide groups is 1. The van der Waals surface area contributed by atoms with E-state index in [0.29, 0.717) is 36.5 Å². The third kappa shape index (κ3) is 5.81. The molecule has 10 heteroatoms. The SMILES string of the molecule is CC(C)NC(=O)CCCCN1C(=O)C2C=CC=CC2=[N+](CC(=O)NCc2ccc3c(c2)OCO3)C1=O. The highest BCUT2D eigenvalue weighted by molar-refractivity contribution is 6.16. The van der Waals surface area contributed by atoms with Gasteiger partial charge >= 0.3 is 11.9 Å². The zero-order valence-corrected chi connectivity index (χ0v) is 20.5. The first-order valence-corrected chi connectivity index (χ1v) is 12.1. The molecule has 1 aliphatic carbocycles. The van der Waals surface area contributed by atoms with Gasteiger partial charge in [-0.05, 0) is 50.5 Å². The highest BCUT2D eigenvalue weighted by Gasteiger charge is 2.46. The Morgan fingerprint density at radius 1 is 1.11 bits per heavy atom. The van der Waals surface area contributed by atoms with E-state index in [1.165, 1.54) is 9.48 Å². The maximum atomic E-state index is 13.3. The number of nitrogens with one attached hydrogen (secondary N) is 2. The van der Waals surface area contributed by atoms with Crippen molar-refractivity contribution in [2.24, 2.45) is 5.92 Å². The molecule has 4 rings (SSSR count). The summed E-state index contributed by atoms with van der Waals surface area (Å²) in [5, 5.41) is 5.66. The maximum Gasteiger partial charge on any atom is 0.501 e. The molecule has 1 unspecified atom stereocenters. The summed E-state index contributed by atoms with van der Waals surface area (Å²) in [6.45, 7) is 4.18. The number of carbonyl (C=O) groups excluding carboxylic acids is 4. The van der Waals surface area contributed by atoms with Gasteiger partial charge < -0.3 is 20.1 Å². The number of carbonyl (C=O) groups is 4. The molecule has 2 aliphatic heterocycles. The van der Waals surface area contributed by atoms with E-state index < -0.39 is 11.9 Å². The normalized spacial score (nSPS) is 18.1. The molecule has 3 aliphatic rings. The summed E-state index contributed by atoms with van der Waals surface area (Å²) in [6.07, 6.45) is 8.28. The average molecular weight is 496 g/mol. The Hall–Kier alpha value is -3.95. The van der Waals surface area contributed by atoms with Crippen molar-refractivity contribution in [3.63, 3.8) is 0 Å². The van der Waals surface area contributed by atoms with Gasteiger partial charge in [0, 0.05) is 19.0 Å². The lowest BCUT2D eigenvalue weighted by Gasteiger charge is -2.26. The molecular formula is C26H31N4O6+. The van der Waals surface area contributed by atoms with Crippen molar-refractivity contribution in [1.82, 2.24) is 15.5 Å². The summed E-state index contributed by atoms with van der Waals surface area (Å²) in [5.41, 5.74) is 1.32. The van der Waals surface area contributed by atoms with E-state index in [1.807, 2.05) is 19.9 Å². The van der Waals surface area contributed by atoms with Crippen molar-refractivity contribution in [3.05, 3.63) is 48.1 Å². The van der Waals surface area contributed by atoms with E-state index in [1.54, 1.807) is 36.4 Å². The molecule has 10 nitrogen and oxygen atoms in total. The second-order valence-electron chi connectivity index (χ2n) is 9.15. The van der Waals surface area contributed by atoms with Gasteiger partial charge in [0.1, 0.15) is 11.6 Å². The molecule has 0 saturated carbocycles. The van der Waals surface area contributed by atoms with E-state index >= 15 is 0 Å². The molecule has 0 aromatic heterocycles. The van der Waals surface area contributed by atoms with Crippen molar-refractivity contribution in [2.75, 3.05) is 19.9 Å². The molecule has 5 amide bonds.